The molecule has 3 atom stereocenters. The van der Waals surface area contributed by atoms with E-state index >= 15 is 0 Å². The van der Waals surface area contributed by atoms with Crippen molar-refractivity contribution in [2.75, 3.05) is 11.5 Å². The van der Waals surface area contributed by atoms with Crippen molar-refractivity contribution in [1.29, 1.82) is 0 Å². The van der Waals surface area contributed by atoms with Crippen LogP contribution in [0.5, 0.6) is 0 Å². The molecule has 1 fully saturated rings. The maximum atomic E-state index is 13.4. The van der Waals surface area contributed by atoms with E-state index < -0.39 is 47.0 Å². The minimum absolute atomic E-state index is 0.0448. The summed E-state index contributed by atoms with van der Waals surface area (Å²) in [5.41, 5.74) is -4.60. The van der Waals surface area contributed by atoms with E-state index in [1.165, 1.54) is 6.92 Å². The van der Waals surface area contributed by atoms with Crippen molar-refractivity contribution in [2.45, 2.75) is 18.7 Å². The third kappa shape index (κ3) is 2.91. The van der Waals surface area contributed by atoms with Crippen molar-refractivity contribution in [2.24, 2.45) is 11.8 Å². The molecule has 9 heteroatoms. The average molecular weight is 395 g/mol. The first-order valence-corrected chi connectivity index (χ1v) is 8.42. The van der Waals surface area contributed by atoms with Gasteiger partial charge in [-0.05, 0) is 19.1 Å². The maximum absolute atomic E-state index is 13.4. The lowest BCUT2D eigenvalue weighted by atomic mass is 9.91. The second-order valence-corrected chi connectivity index (χ2v) is 6.31. The van der Waals surface area contributed by atoms with Gasteiger partial charge in [-0.2, -0.15) is 13.2 Å². The third-order valence-corrected chi connectivity index (χ3v) is 4.67. The van der Waals surface area contributed by atoms with Gasteiger partial charge in [-0.25, -0.2) is 9.69 Å². The fraction of sp³-hybridized carbons (Fsp3) is 0.316. The summed E-state index contributed by atoms with van der Waals surface area (Å²) in [4.78, 5) is 37.7. The number of ether oxygens (including phenoxy) is 1. The maximum Gasteiger partial charge on any atom is 0.432 e. The van der Waals surface area contributed by atoms with E-state index in [1.54, 1.807) is 24.3 Å². The highest BCUT2D eigenvalue weighted by Crippen LogP contribution is 2.41. The first-order valence-electron chi connectivity index (χ1n) is 8.42. The van der Waals surface area contributed by atoms with Gasteiger partial charge in [0, 0.05) is 5.56 Å². The zero-order valence-electron chi connectivity index (χ0n) is 14.6. The highest BCUT2D eigenvalue weighted by molar-refractivity contribution is 6.23. The molecule has 0 bridgehead atoms. The van der Waals surface area contributed by atoms with Crippen LogP contribution in [0.4, 0.5) is 18.9 Å². The van der Waals surface area contributed by atoms with Gasteiger partial charge in [0.2, 0.25) is 11.8 Å². The standard InChI is InChI=1S/C19H16F3NO5/c1-2-28-17(26)18(27,19(20,21)22)11-7-9-12(10-8-11)23-15(24)13-5-3-4-6-14(13)16(23)25/h3-10,13-14,27H,2H2,1H3. The number of benzene rings is 1. The SMILES string of the molecule is CCOC(=O)C(O)(c1ccc(N2C(=O)C3C=CC=CC3C2=O)cc1)C(F)(F)F. The van der Waals surface area contributed by atoms with Crippen LogP contribution in [0.25, 0.3) is 0 Å². The zero-order valence-corrected chi connectivity index (χ0v) is 14.6. The van der Waals surface area contributed by atoms with Crippen molar-refractivity contribution in [3.05, 3.63) is 54.1 Å². The fourth-order valence-electron chi connectivity index (χ4n) is 3.22. The molecular formula is C19H16F3NO5. The van der Waals surface area contributed by atoms with E-state index in [0.717, 1.165) is 29.2 Å². The summed E-state index contributed by atoms with van der Waals surface area (Å²) in [5.74, 6) is -4.18. The lowest BCUT2D eigenvalue weighted by Gasteiger charge is -2.28. The molecular weight excluding hydrogens is 379 g/mol. The van der Waals surface area contributed by atoms with E-state index in [0.29, 0.717) is 0 Å². The molecule has 0 spiro atoms. The monoisotopic (exact) mass is 395 g/mol. The van der Waals surface area contributed by atoms with Crippen molar-refractivity contribution >= 4 is 23.5 Å². The molecule has 0 saturated carbocycles. The van der Waals surface area contributed by atoms with Gasteiger partial charge in [0.05, 0.1) is 24.1 Å². The molecule has 3 rings (SSSR count). The number of anilines is 1. The molecule has 3 unspecified atom stereocenters. The van der Waals surface area contributed by atoms with Gasteiger partial charge in [-0.15, -0.1) is 0 Å². The highest BCUT2D eigenvalue weighted by Gasteiger charge is 2.62. The summed E-state index contributed by atoms with van der Waals surface area (Å²) in [6.45, 7) is 0.959. The van der Waals surface area contributed by atoms with Crippen LogP contribution in [0.3, 0.4) is 0 Å². The topological polar surface area (TPSA) is 83.9 Å². The van der Waals surface area contributed by atoms with Crippen LogP contribution in [0.2, 0.25) is 0 Å². The van der Waals surface area contributed by atoms with Crippen LogP contribution in [-0.4, -0.2) is 35.7 Å². The molecule has 0 aromatic heterocycles. The number of aliphatic hydroxyl groups is 1. The molecule has 1 aliphatic carbocycles. The number of imide groups is 1. The predicted molar refractivity (Wildman–Crippen MR) is 90.8 cm³/mol. The predicted octanol–water partition coefficient (Wildman–Crippen LogP) is 2.23. The molecule has 2 aliphatic rings. The van der Waals surface area contributed by atoms with Crippen LogP contribution in [0.1, 0.15) is 12.5 Å². The van der Waals surface area contributed by atoms with E-state index in [-0.39, 0.29) is 12.3 Å². The number of allylic oxidation sites excluding steroid dienone is 2. The summed E-state index contributed by atoms with van der Waals surface area (Å²) in [7, 11) is 0. The molecule has 1 saturated heterocycles. The Bertz CT molecular complexity index is 845. The Morgan fingerprint density at radius 2 is 1.57 bits per heavy atom. The number of fused-ring (bicyclic) bond motifs is 1. The van der Waals surface area contributed by atoms with Gasteiger partial charge < -0.3 is 9.84 Å². The number of amides is 2. The number of esters is 1. The number of hydrogen-bond acceptors (Lipinski definition) is 5. The molecule has 1 aromatic rings. The summed E-state index contributed by atoms with van der Waals surface area (Å²) >= 11 is 0. The van der Waals surface area contributed by atoms with Crippen molar-refractivity contribution in [1.82, 2.24) is 0 Å². The van der Waals surface area contributed by atoms with E-state index in [2.05, 4.69) is 4.74 Å². The number of nitrogens with zero attached hydrogens (tertiary/aromatic N) is 1. The molecule has 1 N–H and O–H groups in total. The lowest BCUT2D eigenvalue weighted by Crippen LogP contribution is -2.50. The van der Waals surface area contributed by atoms with Crippen LogP contribution >= 0.6 is 0 Å². The minimum Gasteiger partial charge on any atom is -0.463 e. The first-order chi connectivity index (χ1) is 13.1. The Morgan fingerprint density at radius 3 is 2.00 bits per heavy atom. The lowest BCUT2D eigenvalue weighted by molar-refractivity contribution is -0.267. The van der Waals surface area contributed by atoms with Gasteiger partial charge in [0.15, 0.2) is 0 Å². The summed E-state index contributed by atoms with van der Waals surface area (Å²) in [6, 6.07) is 3.83. The van der Waals surface area contributed by atoms with Gasteiger partial charge in [-0.1, -0.05) is 36.4 Å². The molecule has 1 heterocycles. The van der Waals surface area contributed by atoms with Gasteiger partial charge >= 0.3 is 12.1 Å². The molecule has 1 aromatic carbocycles. The van der Waals surface area contributed by atoms with Gasteiger partial charge in [0.1, 0.15) is 0 Å². The second-order valence-electron chi connectivity index (χ2n) is 6.31. The van der Waals surface area contributed by atoms with Crippen molar-refractivity contribution < 1.29 is 37.4 Å². The molecule has 2 amide bonds. The molecule has 0 radical (unpaired) electrons. The van der Waals surface area contributed by atoms with E-state index in [4.69, 9.17) is 0 Å². The van der Waals surface area contributed by atoms with Crippen molar-refractivity contribution in [3.63, 3.8) is 0 Å². The zero-order chi connectivity index (χ0) is 20.7. The Kier molecular flexibility index (Phi) is 4.88. The molecule has 6 nitrogen and oxygen atoms in total. The minimum atomic E-state index is -5.33. The Morgan fingerprint density at radius 1 is 1.07 bits per heavy atom. The Hall–Kier alpha value is -2.94. The Balaban J connectivity index is 1.96. The number of halogens is 3. The number of rotatable bonds is 4. The van der Waals surface area contributed by atoms with Crippen LogP contribution < -0.4 is 4.90 Å². The quantitative estimate of drug-likeness (QED) is 0.625. The first kappa shape index (κ1) is 19.8. The average Bonchev–Trinajstić information content (AvgIpc) is 2.91. The smallest absolute Gasteiger partial charge is 0.432 e. The third-order valence-electron chi connectivity index (χ3n) is 4.67. The fourth-order valence-corrected chi connectivity index (χ4v) is 3.22. The second kappa shape index (κ2) is 6.90. The number of hydrogen-bond donors (Lipinski definition) is 1. The van der Waals surface area contributed by atoms with E-state index in [9.17, 15) is 32.7 Å². The summed E-state index contributed by atoms with van der Waals surface area (Å²) in [5, 5.41) is 10.1. The largest absolute Gasteiger partial charge is 0.463 e. The van der Waals surface area contributed by atoms with Crippen molar-refractivity contribution in [3.8, 4) is 0 Å². The van der Waals surface area contributed by atoms with Crippen LogP contribution in [0, 0.1) is 11.8 Å². The summed E-state index contributed by atoms with van der Waals surface area (Å²) in [6.07, 6.45) is 1.12. The summed E-state index contributed by atoms with van der Waals surface area (Å²) < 4.78 is 44.6. The normalized spacial score (nSPS) is 23.5. The van der Waals surface area contributed by atoms with Crippen LogP contribution in [-0.2, 0) is 24.7 Å². The van der Waals surface area contributed by atoms with Gasteiger partial charge in [0.25, 0.3) is 5.60 Å². The van der Waals surface area contributed by atoms with Gasteiger partial charge in [-0.3, -0.25) is 9.59 Å². The molecule has 148 valence electrons. The van der Waals surface area contributed by atoms with E-state index in [1.807, 2.05) is 0 Å². The van der Waals surface area contributed by atoms with Crippen LogP contribution in [0.15, 0.2) is 48.6 Å². The highest BCUT2D eigenvalue weighted by atomic mass is 19.4. The Labute approximate surface area is 157 Å². The number of carbonyl (C=O) groups is 3. The number of carbonyl (C=O) groups excluding carboxylic acids is 3. The molecule has 1 aliphatic heterocycles. The number of alkyl halides is 3. The molecule has 28 heavy (non-hydrogen) atoms.